The minimum absolute atomic E-state index is 0.140. The van der Waals surface area contributed by atoms with Gasteiger partial charge in [-0.15, -0.1) is 0 Å². The van der Waals surface area contributed by atoms with Crippen molar-refractivity contribution in [1.82, 2.24) is 20.2 Å². The first-order valence-electron chi connectivity index (χ1n) is 11.5. The Hall–Kier alpha value is -2.08. The molecule has 2 amide bonds. The number of anilines is 1. The van der Waals surface area contributed by atoms with Crippen molar-refractivity contribution in [1.29, 1.82) is 0 Å². The number of likely N-dealkylation sites (tertiary alicyclic amines) is 1. The maximum absolute atomic E-state index is 12.3. The quantitative estimate of drug-likeness (QED) is 0.642. The third kappa shape index (κ3) is 4.58. The van der Waals surface area contributed by atoms with Crippen molar-refractivity contribution in [3.05, 3.63) is 23.9 Å². The van der Waals surface area contributed by atoms with Crippen LogP contribution < -0.4 is 10.6 Å². The molecule has 1 saturated carbocycles. The normalized spacial score (nSPS) is 19.3. The topological polar surface area (TPSA) is 73.1 Å². The van der Waals surface area contributed by atoms with Crippen molar-refractivity contribution >= 4 is 22.9 Å². The maximum atomic E-state index is 12.3. The van der Waals surface area contributed by atoms with Crippen LogP contribution in [0.15, 0.2) is 18.3 Å². The van der Waals surface area contributed by atoms with Gasteiger partial charge in [-0.05, 0) is 75.2 Å². The van der Waals surface area contributed by atoms with Crippen molar-refractivity contribution < 1.29 is 4.79 Å². The molecule has 2 aromatic heterocycles. The molecule has 2 aromatic rings. The van der Waals surface area contributed by atoms with Crippen LogP contribution in [0.2, 0.25) is 0 Å². The highest BCUT2D eigenvalue weighted by Crippen LogP contribution is 2.34. The lowest BCUT2D eigenvalue weighted by atomic mass is 9.89. The number of H-pyrrole nitrogens is 1. The summed E-state index contributed by atoms with van der Waals surface area (Å²) in [6.45, 7) is 6.90. The summed E-state index contributed by atoms with van der Waals surface area (Å²) in [7, 11) is 0. The van der Waals surface area contributed by atoms with E-state index in [0.717, 1.165) is 37.0 Å². The number of carbonyl (C=O) groups excluding carboxylic acids is 1. The molecule has 0 unspecified atom stereocenters. The molecule has 0 atom stereocenters. The molecule has 1 aliphatic heterocycles. The van der Waals surface area contributed by atoms with Crippen LogP contribution in [0, 0.1) is 0 Å². The number of nitrogens with one attached hydrogen (secondary N) is 3. The zero-order valence-electron chi connectivity index (χ0n) is 17.8. The molecule has 1 aliphatic carbocycles. The smallest absolute Gasteiger partial charge is 0.320 e. The van der Waals surface area contributed by atoms with E-state index in [9.17, 15) is 4.79 Å². The summed E-state index contributed by atoms with van der Waals surface area (Å²) in [4.78, 5) is 23.1. The van der Waals surface area contributed by atoms with Gasteiger partial charge in [0.15, 0.2) is 0 Å². The average Bonchev–Trinajstić information content (AvgIpc) is 3.39. The number of aromatic nitrogens is 2. The molecule has 2 aliphatic rings. The summed E-state index contributed by atoms with van der Waals surface area (Å²) >= 11 is 0. The molecule has 2 fully saturated rings. The van der Waals surface area contributed by atoms with Crippen LogP contribution in [0.3, 0.4) is 0 Å². The predicted molar refractivity (Wildman–Crippen MR) is 118 cm³/mol. The molecule has 4 rings (SSSR count). The first-order chi connectivity index (χ1) is 14.2. The molecule has 0 aromatic carbocycles. The van der Waals surface area contributed by atoms with Gasteiger partial charge in [-0.3, -0.25) is 5.32 Å². The molecule has 3 N–H and O–H groups in total. The van der Waals surface area contributed by atoms with E-state index in [2.05, 4.69) is 40.6 Å². The molecular formula is C23H35N5O. The summed E-state index contributed by atoms with van der Waals surface area (Å²) in [5, 5.41) is 6.01. The van der Waals surface area contributed by atoms with Crippen molar-refractivity contribution in [3.63, 3.8) is 0 Å². The van der Waals surface area contributed by atoms with Gasteiger partial charge in [0.05, 0.1) is 11.0 Å². The second-order valence-corrected chi connectivity index (χ2v) is 8.70. The van der Waals surface area contributed by atoms with E-state index in [4.69, 9.17) is 4.98 Å². The Bertz CT molecular complexity index is 814. The Morgan fingerprint density at radius 1 is 1.17 bits per heavy atom. The standard InChI is InChI=1S/C23H35N5O/c1-3-18(4-2)28-13-11-16(12-14-28)19-15-24-20-9-10-21(26-22(19)20)27-23(29)25-17-7-5-6-8-17/h9-10,15-18,24H,3-8,11-14H2,1-2H3,(H2,25,26,27,29). The maximum Gasteiger partial charge on any atom is 0.320 e. The number of urea groups is 1. The molecule has 0 spiro atoms. The Morgan fingerprint density at radius 3 is 2.59 bits per heavy atom. The average molecular weight is 398 g/mol. The van der Waals surface area contributed by atoms with Crippen molar-refractivity contribution in [2.75, 3.05) is 18.4 Å². The largest absolute Gasteiger partial charge is 0.360 e. The summed E-state index contributed by atoms with van der Waals surface area (Å²) < 4.78 is 0. The number of fused-ring (bicyclic) bond motifs is 1. The van der Waals surface area contributed by atoms with Gasteiger partial charge in [-0.25, -0.2) is 9.78 Å². The van der Waals surface area contributed by atoms with Crippen molar-refractivity contribution in [2.45, 2.75) is 83.2 Å². The molecule has 3 heterocycles. The zero-order chi connectivity index (χ0) is 20.2. The van der Waals surface area contributed by atoms with Gasteiger partial charge < -0.3 is 15.2 Å². The Kier molecular flexibility index (Phi) is 6.38. The number of rotatable bonds is 6. The predicted octanol–water partition coefficient (Wildman–Crippen LogP) is 5.00. The van der Waals surface area contributed by atoms with Gasteiger partial charge in [-0.2, -0.15) is 0 Å². The van der Waals surface area contributed by atoms with E-state index < -0.39 is 0 Å². The third-order valence-electron chi connectivity index (χ3n) is 6.91. The van der Waals surface area contributed by atoms with E-state index in [1.807, 2.05) is 12.1 Å². The molecule has 1 saturated heterocycles. The highest BCUT2D eigenvalue weighted by molar-refractivity contribution is 5.90. The van der Waals surface area contributed by atoms with Gasteiger partial charge in [0.1, 0.15) is 5.82 Å². The molecule has 0 bridgehead atoms. The van der Waals surface area contributed by atoms with Crippen molar-refractivity contribution in [3.8, 4) is 0 Å². The second-order valence-electron chi connectivity index (χ2n) is 8.70. The zero-order valence-corrected chi connectivity index (χ0v) is 17.8. The van der Waals surface area contributed by atoms with Crippen LogP contribution in [0.25, 0.3) is 11.0 Å². The minimum Gasteiger partial charge on any atom is -0.360 e. The first-order valence-corrected chi connectivity index (χ1v) is 11.5. The van der Waals surface area contributed by atoms with Gasteiger partial charge in [0.25, 0.3) is 0 Å². The highest BCUT2D eigenvalue weighted by Gasteiger charge is 2.26. The van der Waals surface area contributed by atoms with Crippen LogP contribution in [-0.2, 0) is 0 Å². The van der Waals surface area contributed by atoms with Gasteiger partial charge in [-0.1, -0.05) is 26.7 Å². The Morgan fingerprint density at radius 2 is 1.90 bits per heavy atom. The highest BCUT2D eigenvalue weighted by atomic mass is 16.2. The summed E-state index contributed by atoms with van der Waals surface area (Å²) in [5.74, 6) is 1.16. The van der Waals surface area contributed by atoms with Crippen LogP contribution in [0.1, 0.15) is 76.7 Å². The lowest BCUT2D eigenvalue weighted by Crippen LogP contribution is -2.40. The molecule has 29 heavy (non-hydrogen) atoms. The van der Waals surface area contributed by atoms with Crippen molar-refractivity contribution in [2.24, 2.45) is 0 Å². The summed E-state index contributed by atoms with van der Waals surface area (Å²) in [5.41, 5.74) is 3.35. The Balaban J connectivity index is 1.43. The molecule has 158 valence electrons. The lowest BCUT2D eigenvalue weighted by Gasteiger charge is -2.36. The number of amides is 2. The summed E-state index contributed by atoms with van der Waals surface area (Å²) in [6.07, 6.45) is 11.5. The fraction of sp³-hybridized carbons (Fsp3) is 0.652. The summed E-state index contributed by atoms with van der Waals surface area (Å²) in [6, 6.07) is 4.79. The van der Waals surface area contributed by atoms with Crippen LogP contribution in [0.5, 0.6) is 0 Å². The Labute approximate surface area is 173 Å². The third-order valence-corrected chi connectivity index (χ3v) is 6.91. The van der Waals surface area contributed by atoms with Crippen LogP contribution >= 0.6 is 0 Å². The number of piperidine rings is 1. The molecule has 0 radical (unpaired) electrons. The van der Waals surface area contributed by atoms with E-state index >= 15 is 0 Å². The van der Waals surface area contributed by atoms with Gasteiger partial charge >= 0.3 is 6.03 Å². The van der Waals surface area contributed by atoms with E-state index in [1.54, 1.807) is 0 Å². The monoisotopic (exact) mass is 397 g/mol. The van der Waals surface area contributed by atoms with Crippen LogP contribution in [-0.4, -0.2) is 46.1 Å². The number of aromatic amines is 1. The lowest BCUT2D eigenvalue weighted by molar-refractivity contribution is 0.144. The van der Waals surface area contributed by atoms with Crippen LogP contribution in [0.4, 0.5) is 10.6 Å². The SMILES string of the molecule is CCC(CC)N1CCC(c2c[nH]c3ccc(NC(=O)NC4CCCC4)nc23)CC1. The van der Waals surface area contributed by atoms with Gasteiger partial charge in [0.2, 0.25) is 0 Å². The fourth-order valence-corrected chi connectivity index (χ4v) is 5.19. The number of pyridine rings is 1. The number of hydrogen-bond acceptors (Lipinski definition) is 3. The fourth-order valence-electron chi connectivity index (χ4n) is 5.19. The van der Waals surface area contributed by atoms with E-state index in [-0.39, 0.29) is 6.03 Å². The van der Waals surface area contributed by atoms with Gasteiger partial charge in [0, 0.05) is 18.3 Å². The second kappa shape index (κ2) is 9.16. The number of carbonyl (C=O) groups is 1. The molecule has 6 nitrogen and oxygen atoms in total. The number of nitrogens with zero attached hydrogens (tertiary/aromatic N) is 2. The van der Waals surface area contributed by atoms with E-state index in [0.29, 0.717) is 23.8 Å². The number of hydrogen-bond donors (Lipinski definition) is 3. The molecule has 6 heteroatoms. The van der Waals surface area contributed by atoms with E-state index in [1.165, 1.54) is 44.1 Å². The first kappa shape index (κ1) is 20.2. The minimum atomic E-state index is -0.140. The molecular weight excluding hydrogens is 362 g/mol.